The van der Waals surface area contributed by atoms with E-state index in [1.54, 1.807) is 19.7 Å². The number of H-pyrrole nitrogens is 1. The molecule has 88 valence electrons. The Labute approximate surface area is 100 Å². The number of methoxy groups -OCH3 is 1. The summed E-state index contributed by atoms with van der Waals surface area (Å²) in [6, 6.07) is 7.89. The summed E-state index contributed by atoms with van der Waals surface area (Å²) in [6.07, 6.45) is 3.46. The quantitative estimate of drug-likeness (QED) is 0.818. The molecular formula is C13H15N3O. The van der Waals surface area contributed by atoms with Crippen LogP contribution in [0.25, 0.3) is 0 Å². The molecular weight excluding hydrogens is 214 g/mol. The van der Waals surface area contributed by atoms with Gasteiger partial charge in [-0.25, -0.2) is 4.98 Å². The third kappa shape index (κ3) is 2.93. The molecule has 1 aromatic carbocycles. The number of benzene rings is 1. The number of aliphatic imine (C=N–C) groups is 1. The fourth-order valence-electron chi connectivity index (χ4n) is 1.47. The van der Waals surface area contributed by atoms with Crippen molar-refractivity contribution in [1.29, 1.82) is 0 Å². The van der Waals surface area contributed by atoms with E-state index >= 15 is 0 Å². The van der Waals surface area contributed by atoms with Gasteiger partial charge in [0.05, 0.1) is 20.0 Å². The fraction of sp³-hybridized carbons (Fsp3) is 0.231. The number of rotatable bonds is 4. The maximum atomic E-state index is 5.10. The van der Waals surface area contributed by atoms with Gasteiger partial charge >= 0.3 is 0 Å². The van der Waals surface area contributed by atoms with Gasteiger partial charge in [-0.1, -0.05) is 12.1 Å². The Morgan fingerprint density at radius 2 is 2.12 bits per heavy atom. The Morgan fingerprint density at radius 3 is 2.71 bits per heavy atom. The van der Waals surface area contributed by atoms with Crippen LogP contribution in [0.4, 0.5) is 0 Å². The zero-order chi connectivity index (χ0) is 12.1. The lowest BCUT2D eigenvalue weighted by Crippen LogP contribution is -1.88. The molecule has 4 heteroatoms. The van der Waals surface area contributed by atoms with Gasteiger partial charge in [-0.15, -0.1) is 0 Å². The minimum absolute atomic E-state index is 0.649. The molecule has 1 N–H and O–H groups in total. The summed E-state index contributed by atoms with van der Waals surface area (Å²) in [5.74, 6) is 0.862. The molecule has 0 atom stereocenters. The Morgan fingerprint density at radius 1 is 1.35 bits per heavy atom. The molecule has 0 aliphatic rings. The van der Waals surface area contributed by atoms with Crippen LogP contribution in [0.2, 0.25) is 0 Å². The lowest BCUT2D eigenvalue weighted by molar-refractivity contribution is 0.414. The monoisotopic (exact) mass is 229 g/mol. The van der Waals surface area contributed by atoms with Crippen LogP contribution in [0, 0.1) is 6.92 Å². The average molecular weight is 229 g/mol. The van der Waals surface area contributed by atoms with E-state index in [-0.39, 0.29) is 0 Å². The second-order valence-electron chi connectivity index (χ2n) is 3.73. The van der Waals surface area contributed by atoms with Crippen molar-refractivity contribution in [3.8, 4) is 5.75 Å². The van der Waals surface area contributed by atoms with Crippen LogP contribution in [0.3, 0.4) is 0 Å². The zero-order valence-corrected chi connectivity index (χ0v) is 9.97. The van der Waals surface area contributed by atoms with E-state index in [4.69, 9.17) is 4.74 Å². The zero-order valence-electron chi connectivity index (χ0n) is 9.97. The third-order valence-corrected chi connectivity index (χ3v) is 2.52. The molecule has 0 unspecified atom stereocenters. The van der Waals surface area contributed by atoms with Crippen molar-refractivity contribution in [2.24, 2.45) is 4.99 Å². The number of aromatic amines is 1. The maximum absolute atomic E-state index is 5.10. The highest BCUT2D eigenvalue weighted by molar-refractivity contribution is 5.78. The van der Waals surface area contributed by atoms with Crippen LogP contribution in [-0.2, 0) is 6.54 Å². The number of hydrogen-bond donors (Lipinski definition) is 1. The van der Waals surface area contributed by atoms with Gasteiger partial charge in [0, 0.05) is 11.9 Å². The average Bonchev–Trinajstić information content (AvgIpc) is 2.76. The molecule has 4 nitrogen and oxygen atoms in total. The molecule has 0 radical (unpaired) electrons. The molecule has 1 aromatic heterocycles. The number of nitrogens with zero attached hydrogens (tertiary/aromatic N) is 2. The first-order valence-corrected chi connectivity index (χ1v) is 5.42. The molecule has 17 heavy (non-hydrogen) atoms. The highest BCUT2D eigenvalue weighted by Crippen LogP contribution is 2.11. The lowest BCUT2D eigenvalue weighted by atomic mass is 10.2. The number of aryl methyl sites for hydroxylation is 1. The van der Waals surface area contributed by atoms with Gasteiger partial charge in [0.1, 0.15) is 11.4 Å². The number of hydrogen-bond acceptors (Lipinski definition) is 3. The predicted molar refractivity (Wildman–Crippen MR) is 67.6 cm³/mol. The standard InChI is InChI=1S/C13H15N3O/c1-10-13(16-9-15-10)8-14-7-11-3-5-12(17-2)6-4-11/h3-6,8-9H,7H2,1-2H3,(H,15,16). The Hall–Kier alpha value is -2.10. The van der Waals surface area contributed by atoms with Gasteiger partial charge in [0.25, 0.3) is 0 Å². The summed E-state index contributed by atoms with van der Waals surface area (Å²) in [4.78, 5) is 11.5. The topological polar surface area (TPSA) is 50.3 Å². The van der Waals surface area contributed by atoms with Crippen molar-refractivity contribution in [1.82, 2.24) is 9.97 Å². The van der Waals surface area contributed by atoms with Gasteiger partial charge in [0.15, 0.2) is 0 Å². The summed E-state index contributed by atoms with van der Waals surface area (Å²) in [7, 11) is 1.66. The van der Waals surface area contributed by atoms with E-state index in [2.05, 4.69) is 15.0 Å². The van der Waals surface area contributed by atoms with Crippen molar-refractivity contribution in [2.75, 3.05) is 7.11 Å². The molecule has 2 rings (SSSR count). The second-order valence-corrected chi connectivity index (χ2v) is 3.73. The third-order valence-electron chi connectivity index (χ3n) is 2.52. The highest BCUT2D eigenvalue weighted by Gasteiger charge is 1.96. The van der Waals surface area contributed by atoms with Gasteiger partial charge < -0.3 is 9.72 Å². The molecule has 0 spiro atoms. The number of ether oxygens (including phenoxy) is 1. The molecule has 2 aromatic rings. The van der Waals surface area contributed by atoms with Crippen LogP contribution < -0.4 is 4.74 Å². The number of nitrogens with one attached hydrogen (secondary N) is 1. The predicted octanol–water partition coefficient (Wildman–Crippen LogP) is 2.35. The number of imidazole rings is 1. The van der Waals surface area contributed by atoms with Gasteiger partial charge in [-0.2, -0.15) is 0 Å². The fourth-order valence-corrected chi connectivity index (χ4v) is 1.47. The van der Waals surface area contributed by atoms with Crippen molar-refractivity contribution in [2.45, 2.75) is 13.5 Å². The van der Waals surface area contributed by atoms with Crippen molar-refractivity contribution >= 4 is 6.21 Å². The number of aromatic nitrogens is 2. The van der Waals surface area contributed by atoms with E-state index in [0.717, 1.165) is 22.7 Å². The van der Waals surface area contributed by atoms with Crippen molar-refractivity contribution < 1.29 is 4.74 Å². The molecule has 0 aliphatic carbocycles. The van der Waals surface area contributed by atoms with Crippen LogP contribution in [-0.4, -0.2) is 23.3 Å². The molecule has 0 saturated carbocycles. The largest absolute Gasteiger partial charge is 0.497 e. The first-order valence-electron chi connectivity index (χ1n) is 5.42. The SMILES string of the molecule is COc1ccc(CN=Cc2nc[nH]c2C)cc1. The molecule has 1 heterocycles. The maximum Gasteiger partial charge on any atom is 0.118 e. The first-order chi connectivity index (χ1) is 8.29. The van der Waals surface area contributed by atoms with E-state index in [1.165, 1.54) is 0 Å². The Bertz CT molecular complexity index is 500. The molecule has 0 aliphatic heterocycles. The summed E-state index contributed by atoms with van der Waals surface area (Å²) in [5.41, 5.74) is 3.07. The highest BCUT2D eigenvalue weighted by atomic mass is 16.5. The van der Waals surface area contributed by atoms with Crippen molar-refractivity contribution in [3.63, 3.8) is 0 Å². The summed E-state index contributed by atoms with van der Waals surface area (Å²) >= 11 is 0. The Kier molecular flexibility index (Phi) is 3.55. The summed E-state index contributed by atoms with van der Waals surface area (Å²) < 4.78 is 5.10. The summed E-state index contributed by atoms with van der Waals surface area (Å²) in [5, 5.41) is 0. The first kappa shape index (κ1) is 11.4. The smallest absolute Gasteiger partial charge is 0.118 e. The second kappa shape index (κ2) is 5.30. The van der Waals surface area contributed by atoms with E-state index in [1.807, 2.05) is 31.2 Å². The van der Waals surface area contributed by atoms with E-state index in [0.29, 0.717) is 6.54 Å². The van der Waals surface area contributed by atoms with E-state index in [9.17, 15) is 0 Å². The van der Waals surface area contributed by atoms with Crippen LogP contribution >= 0.6 is 0 Å². The normalized spacial score (nSPS) is 10.9. The summed E-state index contributed by atoms with van der Waals surface area (Å²) in [6.45, 7) is 2.62. The minimum atomic E-state index is 0.649. The van der Waals surface area contributed by atoms with Gasteiger partial charge in [-0.3, -0.25) is 4.99 Å². The van der Waals surface area contributed by atoms with Crippen molar-refractivity contribution in [3.05, 3.63) is 47.5 Å². The molecule has 0 fully saturated rings. The molecule has 0 saturated heterocycles. The van der Waals surface area contributed by atoms with Crippen LogP contribution in [0.1, 0.15) is 17.0 Å². The molecule has 0 bridgehead atoms. The molecule has 0 amide bonds. The Balaban J connectivity index is 1.97. The van der Waals surface area contributed by atoms with Gasteiger partial charge in [0.2, 0.25) is 0 Å². The van der Waals surface area contributed by atoms with Gasteiger partial charge in [-0.05, 0) is 24.6 Å². The van der Waals surface area contributed by atoms with Crippen LogP contribution in [0.5, 0.6) is 5.75 Å². The van der Waals surface area contributed by atoms with E-state index < -0.39 is 0 Å². The minimum Gasteiger partial charge on any atom is -0.497 e. The lowest BCUT2D eigenvalue weighted by Gasteiger charge is -2.00. The van der Waals surface area contributed by atoms with Crippen LogP contribution in [0.15, 0.2) is 35.6 Å².